The summed E-state index contributed by atoms with van der Waals surface area (Å²) < 4.78 is 10.9. The van der Waals surface area contributed by atoms with Crippen LogP contribution in [0.25, 0.3) is 0 Å². The molecule has 0 saturated carbocycles. The van der Waals surface area contributed by atoms with E-state index < -0.39 is 11.8 Å². The van der Waals surface area contributed by atoms with Gasteiger partial charge in [-0.3, -0.25) is 9.59 Å². The van der Waals surface area contributed by atoms with Gasteiger partial charge in [-0.2, -0.15) is 0 Å². The Morgan fingerprint density at radius 1 is 1.03 bits per heavy atom. The van der Waals surface area contributed by atoms with Gasteiger partial charge < -0.3 is 30.3 Å². The number of anilines is 1. The first-order valence-electron chi connectivity index (χ1n) is 10.3. The van der Waals surface area contributed by atoms with Crippen molar-refractivity contribution in [2.24, 2.45) is 5.92 Å². The maximum atomic E-state index is 12.2. The third-order valence-electron chi connectivity index (χ3n) is 4.94. The molecule has 2 heterocycles. The average molecular weight is 418 g/mol. The van der Waals surface area contributed by atoms with Crippen molar-refractivity contribution in [3.63, 3.8) is 0 Å². The van der Waals surface area contributed by atoms with Crippen LogP contribution in [0.1, 0.15) is 33.6 Å². The molecule has 0 atom stereocenters. The van der Waals surface area contributed by atoms with E-state index in [1.54, 1.807) is 23.1 Å². The topological polar surface area (TPSA) is 109 Å². The predicted molar refractivity (Wildman–Crippen MR) is 112 cm³/mol. The Morgan fingerprint density at radius 3 is 2.37 bits per heavy atom. The molecule has 9 heteroatoms. The summed E-state index contributed by atoms with van der Waals surface area (Å²) in [6.07, 6.45) is 1.56. The van der Waals surface area contributed by atoms with Crippen LogP contribution in [0.5, 0.6) is 11.5 Å². The van der Waals surface area contributed by atoms with Crippen LogP contribution in [0.2, 0.25) is 0 Å². The SMILES string of the molecule is CC(C)(C)NC(=O)N1CCC(CNC(=O)C(=O)Nc2ccc3c(c2)OCCO3)CC1. The standard InChI is InChI=1S/C21H30N4O5/c1-21(2,3)24-20(28)25-8-6-14(7-9-25)13-22-18(26)19(27)23-15-4-5-16-17(12-15)30-11-10-29-16/h4-5,12,14H,6-11,13H2,1-3H3,(H,22,26)(H,23,27)(H,24,28). The Morgan fingerprint density at radius 2 is 1.70 bits per heavy atom. The smallest absolute Gasteiger partial charge is 0.317 e. The Bertz CT molecular complexity index is 797. The molecule has 3 N–H and O–H groups in total. The maximum absolute atomic E-state index is 12.2. The minimum absolute atomic E-state index is 0.0659. The lowest BCUT2D eigenvalue weighted by atomic mass is 9.97. The van der Waals surface area contributed by atoms with Crippen molar-refractivity contribution in [2.45, 2.75) is 39.2 Å². The first kappa shape index (κ1) is 21.7. The third-order valence-corrected chi connectivity index (χ3v) is 4.94. The lowest BCUT2D eigenvalue weighted by Crippen LogP contribution is -2.51. The zero-order chi connectivity index (χ0) is 21.7. The summed E-state index contributed by atoms with van der Waals surface area (Å²) in [6.45, 7) is 8.44. The summed E-state index contributed by atoms with van der Waals surface area (Å²) in [5.74, 6) is -0.0193. The summed E-state index contributed by atoms with van der Waals surface area (Å²) in [5.41, 5.74) is 0.199. The van der Waals surface area contributed by atoms with E-state index in [0.29, 0.717) is 50.0 Å². The Hall–Kier alpha value is -2.97. The van der Waals surface area contributed by atoms with Crippen LogP contribution in [0, 0.1) is 5.92 Å². The van der Waals surface area contributed by atoms with Crippen LogP contribution in [-0.4, -0.2) is 61.1 Å². The van der Waals surface area contributed by atoms with E-state index in [4.69, 9.17) is 9.47 Å². The average Bonchev–Trinajstić information content (AvgIpc) is 2.71. The van der Waals surface area contributed by atoms with Gasteiger partial charge in [-0.25, -0.2) is 4.79 Å². The number of nitrogens with zero attached hydrogens (tertiary/aromatic N) is 1. The number of likely N-dealkylation sites (tertiary alicyclic amines) is 1. The van der Waals surface area contributed by atoms with E-state index in [-0.39, 0.29) is 17.5 Å². The first-order chi connectivity index (χ1) is 14.2. The molecule has 30 heavy (non-hydrogen) atoms. The molecule has 0 spiro atoms. The number of hydrogen-bond acceptors (Lipinski definition) is 5. The van der Waals surface area contributed by atoms with Crippen molar-refractivity contribution in [3.05, 3.63) is 18.2 Å². The highest BCUT2D eigenvalue weighted by molar-refractivity contribution is 6.39. The van der Waals surface area contributed by atoms with Crippen LogP contribution in [0.3, 0.4) is 0 Å². The summed E-state index contributed by atoms with van der Waals surface area (Å²) in [4.78, 5) is 38.3. The number of urea groups is 1. The van der Waals surface area contributed by atoms with Gasteiger partial charge in [0.15, 0.2) is 11.5 Å². The Labute approximate surface area is 176 Å². The number of rotatable bonds is 3. The highest BCUT2D eigenvalue weighted by Gasteiger charge is 2.26. The molecule has 1 aromatic carbocycles. The van der Waals surface area contributed by atoms with Crippen molar-refractivity contribution >= 4 is 23.5 Å². The molecule has 0 unspecified atom stereocenters. The second kappa shape index (κ2) is 9.23. The van der Waals surface area contributed by atoms with E-state index >= 15 is 0 Å². The van der Waals surface area contributed by atoms with Crippen molar-refractivity contribution in [1.82, 2.24) is 15.5 Å². The summed E-state index contributed by atoms with van der Waals surface area (Å²) in [6, 6.07) is 4.93. The Balaban J connectivity index is 1.40. The van der Waals surface area contributed by atoms with Gasteiger partial charge in [-0.1, -0.05) is 0 Å². The molecule has 0 bridgehead atoms. The molecule has 0 aliphatic carbocycles. The van der Waals surface area contributed by atoms with Crippen molar-refractivity contribution in [2.75, 3.05) is 38.2 Å². The molecule has 3 rings (SSSR count). The third kappa shape index (κ3) is 6.01. The van der Waals surface area contributed by atoms with Gasteiger partial charge in [-0.05, 0) is 51.7 Å². The highest BCUT2D eigenvalue weighted by atomic mass is 16.6. The van der Waals surface area contributed by atoms with E-state index in [1.807, 2.05) is 20.8 Å². The normalized spacial score (nSPS) is 16.6. The van der Waals surface area contributed by atoms with Gasteiger partial charge >= 0.3 is 17.8 Å². The molecular weight excluding hydrogens is 388 g/mol. The second-order valence-corrected chi connectivity index (χ2v) is 8.63. The fourth-order valence-electron chi connectivity index (χ4n) is 3.37. The molecule has 4 amide bonds. The monoisotopic (exact) mass is 418 g/mol. The lowest BCUT2D eigenvalue weighted by Gasteiger charge is -2.34. The zero-order valence-electron chi connectivity index (χ0n) is 17.7. The van der Waals surface area contributed by atoms with Crippen LogP contribution >= 0.6 is 0 Å². The van der Waals surface area contributed by atoms with Gasteiger partial charge in [-0.15, -0.1) is 0 Å². The Kier molecular flexibility index (Phi) is 6.69. The van der Waals surface area contributed by atoms with Crippen molar-refractivity contribution in [1.29, 1.82) is 0 Å². The molecule has 0 radical (unpaired) electrons. The van der Waals surface area contributed by atoms with Gasteiger partial charge in [0.05, 0.1) is 0 Å². The number of piperidine rings is 1. The molecule has 2 aliphatic rings. The number of carbonyl (C=O) groups is 3. The molecular formula is C21H30N4O5. The number of hydrogen-bond donors (Lipinski definition) is 3. The van der Waals surface area contributed by atoms with E-state index in [0.717, 1.165) is 12.8 Å². The lowest BCUT2D eigenvalue weighted by molar-refractivity contribution is -0.136. The molecule has 164 valence electrons. The first-order valence-corrected chi connectivity index (χ1v) is 10.3. The summed E-state index contributed by atoms with van der Waals surface area (Å²) in [5, 5.41) is 8.23. The number of carbonyl (C=O) groups excluding carboxylic acids is 3. The fourth-order valence-corrected chi connectivity index (χ4v) is 3.37. The van der Waals surface area contributed by atoms with Crippen molar-refractivity contribution in [3.8, 4) is 11.5 Å². The summed E-state index contributed by atoms with van der Waals surface area (Å²) >= 11 is 0. The predicted octanol–water partition coefficient (Wildman–Crippen LogP) is 1.73. The number of benzene rings is 1. The van der Waals surface area contributed by atoms with Crippen LogP contribution in [0.15, 0.2) is 18.2 Å². The maximum Gasteiger partial charge on any atom is 0.317 e. The molecule has 1 fully saturated rings. The van der Waals surface area contributed by atoms with E-state index in [2.05, 4.69) is 16.0 Å². The van der Waals surface area contributed by atoms with Crippen LogP contribution < -0.4 is 25.4 Å². The van der Waals surface area contributed by atoms with E-state index in [1.165, 1.54) is 0 Å². The molecule has 0 aromatic heterocycles. The minimum atomic E-state index is -0.728. The minimum Gasteiger partial charge on any atom is -0.486 e. The number of amides is 4. The van der Waals surface area contributed by atoms with Gasteiger partial charge in [0.2, 0.25) is 0 Å². The zero-order valence-corrected chi connectivity index (χ0v) is 17.7. The van der Waals surface area contributed by atoms with Crippen molar-refractivity contribution < 1.29 is 23.9 Å². The van der Waals surface area contributed by atoms with Crippen LogP contribution in [0.4, 0.5) is 10.5 Å². The second-order valence-electron chi connectivity index (χ2n) is 8.63. The number of nitrogens with one attached hydrogen (secondary N) is 3. The van der Waals surface area contributed by atoms with Crippen LogP contribution in [-0.2, 0) is 9.59 Å². The van der Waals surface area contributed by atoms with Gasteiger partial charge in [0.1, 0.15) is 13.2 Å². The highest BCUT2D eigenvalue weighted by Crippen LogP contribution is 2.32. The molecule has 1 saturated heterocycles. The quantitative estimate of drug-likeness (QED) is 0.648. The largest absolute Gasteiger partial charge is 0.486 e. The van der Waals surface area contributed by atoms with Gasteiger partial charge in [0.25, 0.3) is 0 Å². The molecule has 9 nitrogen and oxygen atoms in total. The number of fused-ring (bicyclic) bond motifs is 1. The summed E-state index contributed by atoms with van der Waals surface area (Å²) in [7, 11) is 0. The number of ether oxygens (including phenoxy) is 2. The molecule has 1 aromatic rings. The fraction of sp³-hybridized carbons (Fsp3) is 0.571. The molecule has 2 aliphatic heterocycles. The van der Waals surface area contributed by atoms with Gasteiger partial charge in [0, 0.05) is 36.9 Å². The van der Waals surface area contributed by atoms with E-state index in [9.17, 15) is 14.4 Å².